The molecule has 0 spiro atoms. The number of fused-ring (bicyclic) bond motifs is 1. The normalized spacial score (nSPS) is 12.1. The molecule has 5 rings (SSSR count). The molecule has 0 aliphatic heterocycles. The van der Waals surface area contributed by atoms with Crippen molar-refractivity contribution in [3.05, 3.63) is 123 Å². The fourth-order valence-corrected chi connectivity index (χ4v) is 6.22. The van der Waals surface area contributed by atoms with Gasteiger partial charge < -0.3 is 20.6 Å². The SMILES string of the molecule is CS(=O)(=O)N(Cc1cccc(-c2ccc3c(N)c(C(=O)c4ccc(Cl)cc4Cl)oc3c2)c1)C(=O)[C@@H](N)CC(=O)OCc1ccccc1. The number of esters is 1. The molecule has 242 valence electrons. The third kappa shape index (κ3) is 7.83. The molecule has 0 unspecified atom stereocenters. The quantitative estimate of drug-likeness (QED) is 0.125. The van der Waals surface area contributed by atoms with Crippen molar-refractivity contribution in [3.8, 4) is 11.1 Å². The molecule has 1 amide bonds. The monoisotopic (exact) mass is 693 g/mol. The fourth-order valence-electron chi connectivity index (χ4n) is 4.88. The lowest BCUT2D eigenvalue weighted by Crippen LogP contribution is -2.46. The molecule has 0 radical (unpaired) electrons. The van der Waals surface area contributed by atoms with Crippen LogP contribution in [0.5, 0.6) is 0 Å². The van der Waals surface area contributed by atoms with E-state index >= 15 is 0 Å². The summed E-state index contributed by atoms with van der Waals surface area (Å²) in [5, 5.41) is 1.05. The van der Waals surface area contributed by atoms with E-state index in [0.29, 0.717) is 37.0 Å². The number of hydrogen-bond donors (Lipinski definition) is 2. The number of anilines is 1. The first-order chi connectivity index (χ1) is 22.3. The van der Waals surface area contributed by atoms with Crippen LogP contribution < -0.4 is 11.5 Å². The maximum absolute atomic E-state index is 13.2. The Hall–Kier alpha value is -4.68. The molecule has 0 aliphatic carbocycles. The van der Waals surface area contributed by atoms with Gasteiger partial charge in [-0.25, -0.2) is 12.7 Å². The van der Waals surface area contributed by atoms with Gasteiger partial charge in [0.15, 0.2) is 5.76 Å². The second-order valence-corrected chi connectivity index (χ2v) is 13.5. The Morgan fingerprint density at radius 2 is 1.60 bits per heavy atom. The summed E-state index contributed by atoms with van der Waals surface area (Å²) in [5.74, 6) is -2.25. The van der Waals surface area contributed by atoms with Crippen LogP contribution >= 0.6 is 23.2 Å². The Bertz CT molecular complexity index is 2100. The zero-order chi connectivity index (χ0) is 33.9. The maximum Gasteiger partial charge on any atom is 0.308 e. The average molecular weight is 695 g/mol. The first kappa shape index (κ1) is 33.7. The van der Waals surface area contributed by atoms with Gasteiger partial charge in [0.05, 0.1) is 36.0 Å². The summed E-state index contributed by atoms with van der Waals surface area (Å²) in [4.78, 5) is 38.7. The molecular weight excluding hydrogens is 665 g/mol. The first-order valence-electron chi connectivity index (χ1n) is 14.2. The number of rotatable bonds is 11. The molecule has 0 aliphatic rings. The van der Waals surface area contributed by atoms with E-state index in [1.165, 1.54) is 18.2 Å². The molecular formula is C34H29Cl2N3O7S. The molecule has 47 heavy (non-hydrogen) atoms. The van der Waals surface area contributed by atoms with Gasteiger partial charge in [-0.15, -0.1) is 0 Å². The summed E-state index contributed by atoms with van der Waals surface area (Å²) < 4.78 is 37.1. The Morgan fingerprint density at radius 1 is 0.894 bits per heavy atom. The van der Waals surface area contributed by atoms with Gasteiger partial charge in [-0.05, 0) is 58.7 Å². The standard InChI is InChI=1S/C34H29Cl2N3O7S/c1-47(43,44)39(34(42)28(37)17-30(40)45-19-20-6-3-2-4-7-20)18-21-8-5-9-22(14-21)23-10-12-26-29(15-23)46-33(31(26)38)32(41)25-13-11-24(35)16-27(25)36/h2-16,28H,17-19,37-38H2,1H3/t28-/m0/s1. The van der Waals surface area contributed by atoms with Crippen LogP contribution in [0.4, 0.5) is 5.69 Å². The van der Waals surface area contributed by atoms with Crippen molar-refractivity contribution in [3.63, 3.8) is 0 Å². The lowest BCUT2D eigenvalue weighted by atomic mass is 10.0. The van der Waals surface area contributed by atoms with E-state index in [0.717, 1.165) is 11.8 Å². The van der Waals surface area contributed by atoms with E-state index in [1.807, 2.05) is 6.07 Å². The van der Waals surface area contributed by atoms with E-state index in [2.05, 4.69) is 0 Å². The number of carbonyl (C=O) groups is 3. The lowest BCUT2D eigenvalue weighted by molar-refractivity contribution is -0.147. The van der Waals surface area contributed by atoms with E-state index in [4.69, 9.17) is 43.8 Å². The molecule has 0 saturated heterocycles. The van der Waals surface area contributed by atoms with Crippen molar-refractivity contribution in [2.24, 2.45) is 5.73 Å². The number of benzene rings is 4. The highest BCUT2D eigenvalue weighted by molar-refractivity contribution is 7.88. The lowest BCUT2D eigenvalue weighted by Gasteiger charge is -2.23. The summed E-state index contributed by atoms with van der Waals surface area (Å²) in [7, 11) is -4.07. The van der Waals surface area contributed by atoms with Crippen LogP contribution in [0.3, 0.4) is 0 Å². The number of nitrogens with zero attached hydrogens (tertiary/aromatic N) is 1. The predicted octanol–water partition coefficient (Wildman–Crippen LogP) is 5.97. The molecule has 1 aromatic heterocycles. The highest BCUT2D eigenvalue weighted by Gasteiger charge is 2.30. The van der Waals surface area contributed by atoms with Crippen LogP contribution in [-0.4, -0.2) is 42.7 Å². The van der Waals surface area contributed by atoms with Gasteiger partial charge in [0.1, 0.15) is 12.2 Å². The van der Waals surface area contributed by atoms with Gasteiger partial charge in [-0.2, -0.15) is 0 Å². The first-order valence-corrected chi connectivity index (χ1v) is 16.8. The van der Waals surface area contributed by atoms with Crippen LogP contribution in [0.15, 0.2) is 95.4 Å². The largest absolute Gasteiger partial charge is 0.461 e. The van der Waals surface area contributed by atoms with Gasteiger partial charge >= 0.3 is 5.97 Å². The minimum absolute atomic E-state index is 0.00607. The van der Waals surface area contributed by atoms with Crippen molar-refractivity contribution < 1.29 is 32.0 Å². The molecule has 13 heteroatoms. The van der Waals surface area contributed by atoms with Crippen molar-refractivity contribution in [1.82, 2.24) is 4.31 Å². The topological polar surface area (TPSA) is 163 Å². The van der Waals surface area contributed by atoms with Gasteiger partial charge in [-0.1, -0.05) is 77.8 Å². The highest BCUT2D eigenvalue weighted by atomic mass is 35.5. The molecule has 5 aromatic rings. The fraction of sp³-hybridized carbons (Fsp3) is 0.147. The summed E-state index contributed by atoms with van der Waals surface area (Å²) in [6.07, 6.45) is 0.388. The summed E-state index contributed by atoms with van der Waals surface area (Å²) in [5.41, 5.74) is 15.5. The molecule has 4 N–H and O–H groups in total. The van der Waals surface area contributed by atoms with E-state index in [-0.39, 0.29) is 35.2 Å². The van der Waals surface area contributed by atoms with Crippen molar-refractivity contribution in [2.45, 2.75) is 25.6 Å². The Morgan fingerprint density at radius 3 is 2.30 bits per heavy atom. The van der Waals surface area contributed by atoms with Crippen LogP contribution in [0, 0.1) is 0 Å². The number of sulfonamides is 1. The van der Waals surface area contributed by atoms with Gasteiger partial charge in [0.25, 0.3) is 5.91 Å². The maximum atomic E-state index is 13.2. The minimum atomic E-state index is -4.07. The van der Waals surface area contributed by atoms with E-state index in [9.17, 15) is 22.8 Å². The minimum Gasteiger partial charge on any atom is -0.461 e. The van der Waals surface area contributed by atoms with Crippen molar-refractivity contribution >= 4 is 67.5 Å². The Balaban J connectivity index is 1.33. The number of carbonyl (C=O) groups excluding carboxylic acids is 3. The van der Waals surface area contributed by atoms with Crippen molar-refractivity contribution in [1.29, 1.82) is 0 Å². The second kappa shape index (κ2) is 14.0. The summed E-state index contributed by atoms with van der Waals surface area (Å²) in [6.45, 7) is -0.331. The number of hydrogen-bond acceptors (Lipinski definition) is 9. The zero-order valence-electron chi connectivity index (χ0n) is 25.0. The van der Waals surface area contributed by atoms with Crippen LogP contribution in [-0.2, 0) is 37.5 Å². The number of furan rings is 1. The highest BCUT2D eigenvalue weighted by Crippen LogP contribution is 2.35. The summed E-state index contributed by atoms with van der Waals surface area (Å²) >= 11 is 12.2. The number of amides is 1. The molecule has 0 saturated carbocycles. The van der Waals surface area contributed by atoms with Crippen LogP contribution in [0.2, 0.25) is 10.0 Å². The number of nitrogen functional groups attached to an aromatic ring is 1. The number of nitrogens with two attached hydrogens (primary N) is 2. The number of ether oxygens (including phenoxy) is 1. The zero-order valence-corrected chi connectivity index (χ0v) is 27.3. The molecule has 0 bridgehead atoms. The van der Waals surface area contributed by atoms with Crippen LogP contribution in [0.1, 0.15) is 33.7 Å². The van der Waals surface area contributed by atoms with Crippen molar-refractivity contribution in [2.75, 3.05) is 12.0 Å². The number of ketones is 1. The molecule has 1 atom stereocenters. The van der Waals surface area contributed by atoms with E-state index in [1.54, 1.807) is 66.7 Å². The van der Waals surface area contributed by atoms with Gasteiger partial charge in [-0.3, -0.25) is 14.4 Å². The molecule has 1 heterocycles. The molecule has 0 fully saturated rings. The average Bonchev–Trinajstić information content (AvgIpc) is 3.37. The number of halogens is 2. The summed E-state index contributed by atoms with van der Waals surface area (Å²) in [6, 6.07) is 24.0. The third-order valence-corrected chi connectivity index (χ3v) is 8.95. The predicted molar refractivity (Wildman–Crippen MR) is 180 cm³/mol. The van der Waals surface area contributed by atoms with Gasteiger partial charge in [0, 0.05) is 16.0 Å². The second-order valence-electron chi connectivity index (χ2n) is 10.8. The molecule has 4 aromatic carbocycles. The Labute approximate surface area is 280 Å². The molecule has 10 nitrogen and oxygen atoms in total. The van der Waals surface area contributed by atoms with Crippen LogP contribution in [0.25, 0.3) is 22.1 Å². The van der Waals surface area contributed by atoms with E-state index < -0.39 is 40.1 Å². The Kier molecular flexibility index (Phi) is 10.0. The third-order valence-electron chi connectivity index (χ3n) is 7.29. The van der Waals surface area contributed by atoms with Gasteiger partial charge in [0.2, 0.25) is 15.8 Å². The smallest absolute Gasteiger partial charge is 0.308 e.